The van der Waals surface area contributed by atoms with Crippen molar-refractivity contribution in [1.82, 2.24) is 4.90 Å². The number of hydrogen-bond donors (Lipinski definition) is 1. The van der Waals surface area contributed by atoms with Gasteiger partial charge in [0, 0.05) is 19.0 Å². The first-order chi connectivity index (χ1) is 8.50. The summed E-state index contributed by atoms with van der Waals surface area (Å²) in [6.45, 7) is 8.11. The second-order valence-electron chi connectivity index (χ2n) is 6.06. The number of nitrogens with zero attached hydrogens (tertiary/aromatic N) is 1. The molecule has 0 aromatic carbocycles. The molecular formula is C15H29NOS. The van der Waals surface area contributed by atoms with Crippen molar-refractivity contribution in [3.63, 3.8) is 0 Å². The lowest BCUT2D eigenvalue weighted by molar-refractivity contribution is -0.135. The maximum atomic E-state index is 11.9. The highest BCUT2D eigenvalue weighted by Gasteiger charge is 2.23. The first kappa shape index (κ1) is 15.9. The highest BCUT2D eigenvalue weighted by atomic mass is 32.1. The molecule has 2 nitrogen and oxygen atoms in total. The molecule has 0 aromatic rings. The Morgan fingerprint density at radius 2 is 1.83 bits per heavy atom. The molecule has 1 unspecified atom stereocenters. The third-order valence-electron chi connectivity index (χ3n) is 3.90. The van der Waals surface area contributed by atoms with Gasteiger partial charge in [-0.3, -0.25) is 4.79 Å². The molecule has 3 heteroatoms. The predicted octanol–water partition coefficient (Wildman–Crippen LogP) is 3.76. The van der Waals surface area contributed by atoms with Crippen LogP contribution in [0.15, 0.2) is 0 Å². The zero-order valence-electron chi connectivity index (χ0n) is 12.2. The SMILES string of the molecule is CC(S)CCCCC1CCN(C(=O)C(C)C)CC1. The zero-order chi connectivity index (χ0) is 13.5. The van der Waals surface area contributed by atoms with Crippen molar-refractivity contribution in [2.24, 2.45) is 11.8 Å². The summed E-state index contributed by atoms with van der Waals surface area (Å²) in [7, 11) is 0. The van der Waals surface area contributed by atoms with E-state index in [1.54, 1.807) is 0 Å². The van der Waals surface area contributed by atoms with Gasteiger partial charge in [-0.2, -0.15) is 12.6 Å². The molecule has 0 saturated carbocycles. The minimum atomic E-state index is 0.151. The number of hydrogen-bond acceptors (Lipinski definition) is 2. The largest absolute Gasteiger partial charge is 0.342 e. The summed E-state index contributed by atoms with van der Waals surface area (Å²) in [4.78, 5) is 13.9. The van der Waals surface area contributed by atoms with Crippen LogP contribution < -0.4 is 0 Å². The van der Waals surface area contributed by atoms with Crippen LogP contribution in [0.1, 0.15) is 59.3 Å². The number of rotatable bonds is 6. The molecule has 18 heavy (non-hydrogen) atoms. The summed E-state index contributed by atoms with van der Waals surface area (Å²) in [5.74, 6) is 1.33. The molecule has 1 saturated heterocycles. The summed E-state index contributed by atoms with van der Waals surface area (Å²) in [5.41, 5.74) is 0. The Morgan fingerprint density at radius 3 is 2.33 bits per heavy atom. The number of likely N-dealkylation sites (tertiary alicyclic amines) is 1. The van der Waals surface area contributed by atoms with Crippen LogP contribution in [-0.2, 0) is 4.79 Å². The Balaban J connectivity index is 2.14. The molecule has 0 aliphatic carbocycles. The second-order valence-corrected chi connectivity index (χ2v) is 6.94. The van der Waals surface area contributed by atoms with E-state index in [-0.39, 0.29) is 5.92 Å². The van der Waals surface area contributed by atoms with E-state index < -0.39 is 0 Å². The van der Waals surface area contributed by atoms with E-state index in [1.165, 1.54) is 38.5 Å². The van der Waals surface area contributed by atoms with Gasteiger partial charge in [-0.05, 0) is 30.4 Å². The van der Waals surface area contributed by atoms with Gasteiger partial charge in [0.1, 0.15) is 0 Å². The lowest BCUT2D eigenvalue weighted by atomic mass is 9.90. The summed E-state index contributed by atoms with van der Waals surface area (Å²) >= 11 is 4.41. The Morgan fingerprint density at radius 1 is 1.22 bits per heavy atom. The normalized spacial score (nSPS) is 19.3. The fraction of sp³-hybridized carbons (Fsp3) is 0.933. The average molecular weight is 271 g/mol. The molecule has 1 heterocycles. The van der Waals surface area contributed by atoms with Crippen molar-refractivity contribution in [2.45, 2.75) is 64.5 Å². The maximum Gasteiger partial charge on any atom is 0.225 e. The van der Waals surface area contributed by atoms with Gasteiger partial charge in [0.2, 0.25) is 5.91 Å². The van der Waals surface area contributed by atoms with Gasteiger partial charge in [0.05, 0.1) is 0 Å². The van der Waals surface area contributed by atoms with Crippen molar-refractivity contribution in [3.05, 3.63) is 0 Å². The Kier molecular flexibility index (Phi) is 7.13. The van der Waals surface area contributed by atoms with Crippen molar-refractivity contribution < 1.29 is 4.79 Å². The summed E-state index contributed by atoms with van der Waals surface area (Å²) < 4.78 is 0. The lowest BCUT2D eigenvalue weighted by Gasteiger charge is -2.33. The van der Waals surface area contributed by atoms with Crippen LogP contribution in [-0.4, -0.2) is 29.1 Å². The molecular weight excluding hydrogens is 242 g/mol. The van der Waals surface area contributed by atoms with Gasteiger partial charge in [-0.25, -0.2) is 0 Å². The quantitative estimate of drug-likeness (QED) is 0.576. The van der Waals surface area contributed by atoms with Crippen molar-refractivity contribution in [1.29, 1.82) is 0 Å². The van der Waals surface area contributed by atoms with Crippen molar-refractivity contribution in [2.75, 3.05) is 13.1 Å². The Hall–Kier alpha value is -0.180. The predicted molar refractivity (Wildman–Crippen MR) is 81.1 cm³/mol. The van der Waals surface area contributed by atoms with Gasteiger partial charge in [0.15, 0.2) is 0 Å². The number of piperidine rings is 1. The van der Waals surface area contributed by atoms with Crippen LogP contribution >= 0.6 is 12.6 Å². The van der Waals surface area contributed by atoms with Gasteiger partial charge in [-0.15, -0.1) is 0 Å². The minimum absolute atomic E-state index is 0.151. The van der Waals surface area contributed by atoms with Crippen LogP contribution in [0.3, 0.4) is 0 Å². The molecule has 1 rings (SSSR count). The molecule has 0 bridgehead atoms. The molecule has 1 amide bonds. The average Bonchev–Trinajstić information content (AvgIpc) is 2.34. The van der Waals surface area contributed by atoms with Crippen molar-refractivity contribution >= 4 is 18.5 Å². The second kappa shape index (κ2) is 8.08. The molecule has 1 atom stereocenters. The fourth-order valence-electron chi connectivity index (χ4n) is 2.68. The van der Waals surface area contributed by atoms with E-state index in [1.807, 2.05) is 13.8 Å². The topological polar surface area (TPSA) is 20.3 Å². The molecule has 1 aliphatic heterocycles. The maximum absolute atomic E-state index is 11.9. The molecule has 106 valence electrons. The number of unbranched alkanes of at least 4 members (excludes halogenated alkanes) is 1. The van der Waals surface area contributed by atoms with Gasteiger partial charge in [-0.1, -0.05) is 40.0 Å². The van der Waals surface area contributed by atoms with Crippen molar-refractivity contribution in [3.8, 4) is 0 Å². The molecule has 0 aromatic heterocycles. The summed E-state index contributed by atoms with van der Waals surface area (Å²) in [5, 5.41) is 0.538. The first-order valence-electron chi connectivity index (χ1n) is 7.47. The highest BCUT2D eigenvalue weighted by molar-refractivity contribution is 7.80. The minimum Gasteiger partial charge on any atom is -0.342 e. The Bertz CT molecular complexity index is 245. The highest BCUT2D eigenvalue weighted by Crippen LogP contribution is 2.24. The zero-order valence-corrected chi connectivity index (χ0v) is 13.1. The standard InChI is InChI=1S/C15H29NOS/c1-12(2)15(17)16-10-8-14(9-11-16)7-5-4-6-13(3)18/h12-14,18H,4-11H2,1-3H3. The molecule has 0 spiro atoms. The van der Waals surface area contributed by atoms with Gasteiger partial charge < -0.3 is 4.90 Å². The van der Waals surface area contributed by atoms with E-state index >= 15 is 0 Å². The van der Waals surface area contributed by atoms with E-state index in [2.05, 4.69) is 24.5 Å². The van der Waals surface area contributed by atoms with Crippen LogP contribution in [0.2, 0.25) is 0 Å². The van der Waals surface area contributed by atoms with Crippen LogP contribution in [0.5, 0.6) is 0 Å². The van der Waals surface area contributed by atoms with Gasteiger partial charge >= 0.3 is 0 Å². The first-order valence-corrected chi connectivity index (χ1v) is 7.99. The van der Waals surface area contributed by atoms with E-state index in [4.69, 9.17) is 0 Å². The summed E-state index contributed by atoms with van der Waals surface area (Å²) in [6, 6.07) is 0. The number of amides is 1. The number of carbonyl (C=O) groups is 1. The third-order valence-corrected chi connectivity index (χ3v) is 4.16. The number of thiol groups is 1. The fourth-order valence-corrected chi connectivity index (χ4v) is 2.86. The number of carbonyl (C=O) groups excluding carboxylic acids is 1. The smallest absolute Gasteiger partial charge is 0.225 e. The Labute approximate surface area is 118 Å². The monoisotopic (exact) mass is 271 g/mol. The van der Waals surface area contributed by atoms with Gasteiger partial charge in [0.25, 0.3) is 0 Å². The van der Waals surface area contributed by atoms with Crippen LogP contribution in [0.25, 0.3) is 0 Å². The van der Waals surface area contributed by atoms with Crippen LogP contribution in [0, 0.1) is 11.8 Å². The van der Waals surface area contributed by atoms with E-state index in [9.17, 15) is 4.79 Å². The molecule has 0 N–H and O–H groups in total. The molecule has 1 fully saturated rings. The van der Waals surface area contributed by atoms with E-state index in [0.29, 0.717) is 11.2 Å². The summed E-state index contributed by atoms with van der Waals surface area (Å²) in [6.07, 6.45) is 7.60. The lowest BCUT2D eigenvalue weighted by Crippen LogP contribution is -2.40. The molecule has 0 radical (unpaired) electrons. The third kappa shape index (κ3) is 5.64. The van der Waals surface area contributed by atoms with Crippen LogP contribution in [0.4, 0.5) is 0 Å². The van der Waals surface area contributed by atoms with E-state index in [0.717, 1.165) is 19.0 Å². The molecule has 1 aliphatic rings.